The fourth-order valence-corrected chi connectivity index (χ4v) is 1.72. The van der Waals surface area contributed by atoms with Crippen LogP contribution in [0.5, 0.6) is 0 Å². The van der Waals surface area contributed by atoms with E-state index in [1.807, 2.05) is 0 Å². The standard InChI is InChI=1S/C12H18O4/c13-11(14)7-5-3-1-2-4-6-10-8-9-12(15)16-10/h8-10H,1-7H2,(H,13,14). The third kappa shape index (κ3) is 5.53. The van der Waals surface area contributed by atoms with Crippen LogP contribution in [0.1, 0.15) is 44.9 Å². The predicted molar refractivity (Wildman–Crippen MR) is 59.0 cm³/mol. The number of unbranched alkanes of at least 4 members (excludes halogenated alkanes) is 4. The number of cyclic esters (lactones) is 1. The molecule has 1 N–H and O–H groups in total. The van der Waals surface area contributed by atoms with Gasteiger partial charge in [-0.25, -0.2) is 4.79 Å². The van der Waals surface area contributed by atoms with Gasteiger partial charge in [-0.15, -0.1) is 0 Å². The van der Waals surface area contributed by atoms with E-state index in [9.17, 15) is 9.59 Å². The number of carboxylic acids is 1. The summed E-state index contributed by atoms with van der Waals surface area (Å²) in [6.07, 6.45) is 9.25. The lowest BCUT2D eigenvalue weighted by molar-refractivity contribution is -0.139. The lowest BCUT2D eigenvalue weighted by Gasteiger charge is -2.07. The van der Waals surface area contributed by atoms with E-state index in [1.165, 1.54) is 6.08 Å². The number of carbonyl (C=O) groups is 2. The summed E-state index contributed by atoms with van der Waals surface area (Å²) < 4.78 is 4.99. The third-order valence-corrected chi connectivity index (χ3v) is 2.59. The van der Waals surface area contributed by atoms with Crippen molar-refractivity contribution in [2.45, 2.75) is 51.0 Å². The summed E-state index contributed by atoms with van der Waals surface area (Å²) in [4.78, 5) is 21.0. The van der Waals surface area contributed by atoms with Crippen molar-refractivity contribution in [1.29, 1.82) is 0 Å². The van der Waals surface area contributed by atoms with Gasteiger partial charge in [0.2, 0.25) is 0 Å². The zero-order valence-corrected chi connectivity index (χ0v) is 9.35. The Bertz CT molecular complexity index is 270. The topological polar surface area (TPSA) is 63.6 Å². The number of ether oxygens (including phenoxy) is 1. The molecule has 0 saturated carbocycles. The Labute approximate surface area is 95.3 Å². The second-order valence-corrected chi connectivity index (χ2v) is 4.03. The minimum Gasteiger partial charge on any atom is -0.481 e. The molecular weight excluding hydrogens is 208 g/mol. The van der Waals surface area contributed by atoms with E-state index in [4.69, 9.17) is 9.84 Å². The van der Waals surface area contributed by atoms with E-state index in [2.05, 4.69) is 0 Å². The molecule has 0 fully saturated rings. The van der Waals surface area contributed by atoms with Crippen LogP contribution < -0.4 is 0 Å². The van der Waals surface area contributed by atoms with E-state index < -0.39 is 5.97 Å². The van der Waals surface area contributed by atoms with Gasteiger partial charge in [0, 0.05) is 12.5 Å². The fourth-order valence-electron chi connectivity index (χ4n) is 1.72. The summed E-state index contributed by atoms with van der Waals surface area (Å²) >= 11 is 0. The smallest absolute Gasteiger partial charge is 0.331 e. The molecule has 0 bridgehead atoms. The zero-order valence-electron chi connectivity index (χ0n) is 9.35. The van der Waals surface area contributed by atoms with E-state index in [0.717, 1.165) is 38.5 Å². The molecule has 0 amide bonds. The molecule has 1 rings (SSSR count). The highest BCUT2D eigenvalue weighted by atomic mass is 16.5. The van der Waals surface area contributed by atoms with Crippen molar-refractivity contribution in [3.8, 4) is 0 Å². The Hall–Kier alpha value is -1.32. The quantitative estimate of drug-likeness (QED) is 0.509. The first kappa shape index (κ1) is 12.7. The first-order valence-electron chi connectivity index (χ1n) is 5.79. The van der Waals surface area contributed by atoms with Gasteiger partial charge in [-0.05, 0) is 25.3 Å². The summed E-state index contributed by atoms with van der Waals surface area (Å²) in [5, 5.41) is 8.43. The number of hydrogen-bond acceptors (Lipinski definition) is 3. The molecule has 1 heterocycles. The van der Waals surface area contributed by atoms with Crippen LogP contribution in [0, 0.1) is 0 Å². The third-order valence-electron chi connectivity index (χ3n) is 2.59. The van der Waals surface area contributed by atoms with Crippen molar-refractivity contribution >= 4 is 11.9 Å². The van der Waals surface area contributed by atoms with Gasteiger partial charge in [0.05, 0.1) is 0 Å². The van der Waals surface area contributed by atoms with E-state index >= 15 is 0 Å². The summed E-state index contributed by atoms with van der Waals surface area (Å²) in [5.74, 6) is -0.963. The van der Waals surface area contributed by atoms with Crippen molar-refractivity contribution < 1.29 is 19.4 Å². The minimum absolute atomic E-state index is 0.0356. The van der Waals surface area contributed by atoms with Gasteiger partial charge in [0.25, 0.3) is 0 Å². The van der Waals surface area contributed by atoms with E-state index in [0.29, 0.717) is 0 Å². The highest BCUT2D eigenvalue weighted by molar-refractivity contribution is 5.84. The Morgan fingerprint density at radius 1 is 1.25 bits per heavy atom. The highest BCUT2D eigenvalue weighted by Crippen LogP contribution is 2.14. The molecule has 0 aromatic rings. The molecule has 0 aliphatic carbocycles. The number of hydrogen-bond donors (Lipinski definition) is 1. The van der Waals surface area contributed by atoms with Gasteiger partial charge in [-0.1, -0.05) is 19.3 Å². The lowest BCUT2D eigenvalue weighted by atomic mass is 10.1. The Kier molecular flexibility index (Phi) is 5.61. The van der Waals surface area contributed by atoms with Crippen molar-refractivity contribution in [2.75, 3.05) is 0 Å². The number of esters is 1. The SMILES string of the molecule is O=C(O)CCCCCCCC1C=CC(=O)O1. The van der Waals surface area contributed by atoms with Gasteiger partial charge in [0.1, 0.15) is 6.10 Å². The second kappa shape index (κ2) is 7.04. The Morgan fingerprint density at radius 3 is 2.56 bits per heavy atom. The molecule has 1 unspecified atom stereocenters. The molecule has 0 aromatic carbocycles. The molecule has 0 saturated heterocycles. The molecule has 1 aliphatic heterocycles. The van der Waals surface area contributed by atoms with Crippen molar-refractivity contribution in [1.82, 2.24) is 0 Å². The van der Waals surface area contributed by atoms with E-state index in [1.54, 1.807) is 6.08 Å². The largest absolute Gasteiger partial charge is 0.481 e. The number of carbonyl (C=O) groups excluding carboxylic acids is 1. The maximum Gasteiger partial charge on any atom is 0.331 e. The van der Waals surface area contributed by atoms with Crippen LogP contribution in [0.25, 0.3) is 0 Å². The van der Waals surface area contributed by atoms with Crippen LogP contribution in [0.15, 0.2) is 12.2 Å². The number of carboxylic acid groups (broad SMARTS) is 1. The van der Waals surface area contributed by atoms with Crippen LogP contribution in [0.4, 0.5) is 0 Å². The van der Waals surface area contributed by atoms with Gasteiger partial charge < -0.3 is 9.84 Å². The summed E-state index contributed by atoms with van der Waals surface area (Å²) in [7, 11) is 0. The molecule has 1 atom stereocenters. The molecule has 0 radical (unpaired) electrons. The second-order valence-electron chi connectivity index (χ2n) is 4.03. The van der Waals surface area contributed by atoms with Gasteiger partial charge >= 0.3 is 11.9 Å². The minimum atomic E-state index is -0.719. The normalized spacial score (nSPS) is 18.8. The molecule has 0 aromatic heterocycles. The van der Waals surface area contributed by atoms with Gasteiger partial charge in [0.15, 0.2) is 0 Å². The summed E-state index contributed by atoms with van der Waals surface area (Å²) in [5.41, 5.74) is 0. The average Bonchev–Trinajstić information content (AvgIpc) is 2.62. The van der Waals surface area contributed by atoms with Crippen molar-refractivity contribution in [2.24, 2.45) is 0 Å². The average molecular weight is 226 g/mol. The molecule has 90 valence electrons. The van der Waals surface area contributed by atoms with Crippen LogP contribution in [0.3, 0.4) is 0 Å². The monoisotopic (exact) mass is 226 g/mol. The van der Waals surface area contributed by atoms with Gasteiger partial charge in [-0.3, -0.25) is 4.79 Å². The predicted octanol–water partition coefficient (Wildman–Crippen LogP) is 2.28. The molecule has 16 heavy (non-hydrogen) atoms. The fraction of sp³-hybridized carbons (Fsp3) is 0.667. The number of rotatable bonds is 8. The molecular formula is C12H18O4. The Balaban J connectivity index is 1.87. The molecule has 4 nitrogen and oxygen atoms in total. The molecule has 0 spiro atoms. The van der Waals surface area contributed by atoms with Crippen LogP contribution in [-0.4, -0.2) is 23.1 Å². The Morgan fingerprint density at radius 2 is 1.94 bits per heavy atom. The maximum atomic E-state index is 10.7. The zero-order chi connectivity index (χ0) is 11.8. The van der Waals surface area contributed by atoms with Crippen molar-refractivity contribution in [3.05, 3.63) is 12.2 Å². The van der Waals surface area contributed by atoms with Gasteiger partial charge in [-0.2, -0.15) is 0 Å². The highest BCUT2D eigenvalue weighted by Gasteiger charge is 2.15. The summed E-state index contributed by atoms with van der Waals surface area (Å²) in [6, 6.07) is 0. The molecule has 1 aliphatic rings. The van der Waals surface area contributed by atoms with Crippen LogP contribution in [-0.2, 0) is 14.3 Å². The maximum absolute atomic E-state index is 10.7. The first-order chi connectivity index (χ1) is 7.68. The van der Waals surface area contributed by atoms with E-state index in [-0.39, 0.29) is 18.5 Å². The molecule has 4 heteroatoms. The lowest BCUT2D eigenvalue weighted by Crippen LogP contribution is -2.06. The van der Waals surface area contributed by atoms with Crippen LogP contribution in [0.2, 0.25) is 0 Å². The number of aliphatic carboxylic acids is 1. The summed E-state index contributed by atoms with van der Waals surface area (Å²) in [6.45, 7) is 0. The van der Waals surface area contributed by atoms with Crippen molar-refractivity contribution in [3.63, 3.8) is 0 Å². The first-order valence-corrected chi connectivity index (χ1v) is 5.79. The van der Waals surface area contributed by atoms with Crippen LogP contribution >= 0.6 is 0 Å².